The Morgan fingerprint density at radius 3 is 2.67 bits per heavy atom. The monoisotopic (exact) mass is 554 g/mol. The summed E-state index contributed by atoms with van der Waals surface area (Å²) in [5, 5.41) is 10.4. The lowest BCUT2D eigenvalue weighted by atomic mass is 9.88. The van der Waals surface area contributed by atoms with Gasteiger partial charge in [0, 0.05) is 39.3 Å². The van der Waals surface area contributed by atoms with Crippen LogP contribution in [-0.2, 0) is 22.4 Å². The van der Waals surface area contributed by atoms with Crippen molar-refractivity contribution in [2.75, 3.05) is 57.6 Å². The minimum Gasteiger partial charge on any atom is -0.495 e. The van der Waals surface area contributed by atoms with Gasteiger partial charge in [0.05, 0.1) is 31.5 Å². The third-order valence-electron chi connectivity index (χ3n) is 8.13. The van der Waals surface area contributed by atoms with Gasteiger partial charge >= 0.3 is 0 Å². The van der Waals surface area contributed by atoms with Crippen LogP contribution in [0, 0.1) is 17.8 Å². The maximum atomic E-state index is 13.0. The van der Waals surface area contributed by atoms with Gasteiger partial charge in [-0.3, -0.25) is 4.79 Å². The molecule has 1 aromatic heterocycles. The van der Waals surface area contributed by atoms with Crippen molar-refractivity contribution in [3.05, 3.63) is 46.6 Å². The van der Waals surface area contributed by atoms with Crippen molar-refractivity contribution in [2.45, 2.75) is 38.6 Å². The van der Waals surface area contributed by atoms with Crippen LogP contribution in [0.1, 0.15) is 30.9 Å². The van der Waals surface area contributed by atoms with Crippen LogP contribution in [0.4, 0.5) is 17.5 Å². The Morgan fingerprint density at radius 1 is 1.15 bits per heavy atom. The number of benzene rings is 1. The van der Waals surface area contributed by atoms with Gasteiger partial charge in [0.2, 0.25) is 11.9 Å². The molecule has 4 atom stereocenters. The first-order valence-corrected chi connectivity index (χ1v) is 14.3. The molecule has 1 aliphatic heterocycles. The van der Waals surface area contributed by atoms with Crippen LogP contribution in [0.15, 0.2) is 30.5 Å². The summed E-state index contributed by atoms with van der Waals surface area (Å²) in [5.74, 6) is 2.13. The number of nitrogens with one attached hydrogen (secondary N) is 3. The highest BCUT2D eigenvalue weighted by Crippen LogP contribution is 2.45. The summed E-state index contributed by atoms with van der Waals surface area (Å²) < 4.78 is 11.0. The number of fused-ring (bicyclic) bond motifs is 3. The minimum absolute atomic E-state index is 0.0693. The SMILES string of the molecule is CCCNC(=O)C1C2C=CC(C2)C1Nc1nc(Nc2cc3c(cc2OC)CCN(CCOC)CC3)ncc1Cl. The molecule has 5 rings (SSSR count). The first-order chi connectivity index (χ1) is 19.0. The predicted octanol–water partition coefficient (Wildman–Crippen LogP) is 4.06. The third-order valence-corrected chi connectivity index (χ3v) is 8.41. The van der Waals surface area contributed by atoms with Crippen molar-refractivity contribution >= 4 is 35.0 Å². The van der Waals surface area contributed by atoms with E-state index in [9.17, 15) is 4.79 Å². The van der Waals surface area contributed by atoms with Gasteiger partial charge < -0.3 is 30.3 Å². The quantitative estimate of drug-likeness (QED) is 0.358. The van der Waals surface area contributed by atoms with Crippen LogP contribution >= 0.6 is 11.6 Å². The molecule has 0 radical (unpaired) electrons. The average Bonchev–Trinajstić information content (AvgIpc) is 3.49. The third kappa shape index (κ3) is 6.15. The fourth-order valence-corrected chi connectivity index (χ4v) is 6.21. The highest BCUT2D eigenvalue weighted by atomic mass is 35.5. The first kappa shape index (κ1) is 27.7. The summed E-state index contributed by atoms with van der Waals surface area (Å²) in [5.41, 5.74) is 3.41. The van der Waals surface area contributed by atoms with Crippen LogP contribution in [0.5, 0.6) is 5.75 Å². The number of hydrogen-bond acceptors (Lipinski definition) is 8. The van der Waals surface area contributed by atoms with Crippen LogP contribution in [0.25, 0.3) is 0 Å². The molecule has 3 aliphatic rings. The number of amides is 1. The highest BCUT2D eigenvalue weighted by Gasteiger charge is 2.48. The molecule has 9 nitrogen and oxygen atoms in total. The summed E-state index contributed by atoms with van der Waals surface area (Å²) in [4.78, 5) is 24.6. The highest BCUT2D eigenvalue weighted by molar-refractivity contribution is 6.32. The minimum atomic E-state index is -0.151. The number of nitrogens with zero attached hydrogens (tertiary/aromatic N) is 3. The maximum Gasteiger partial charge on any atom is 0.229 e. The fourth-order valence-electron chi connectivity index (χ4n) is 6.06. The van der Waals surface area contributed by atoms with Crippen molar-refractivity contribution < 1.29 is 14.3 Å². The molecule has 2 heterocycles. The van der Waals surface area contributed by atoms with Crippen LogP contribution in [-0.4, -0.2) is 73.8 Å². The van der Waals surface area contributed by atoms with Crippen LogP contribution in [0.3, 0.4) is 0 Å². The number of ether oxygens (including phenoxy) is 2. The lowest BCUT2D eigenvalue weighted by Crippen LogP contribution is -2.43. The van der Waals surface area contributed by atoms with Gasteiger partial charge in [-0.1, -0.05) is 30.7 Å². The standard InChI is InChI=1S/C29H39ClN6O3/c1-4-9-31-28(37)25-20-5-6-21(14-20)26(25)34-27-22(30)17-32-29(35-27)33-23-15-18-7-10-36(12-13-38-2)11-8-19(18)16-24(23)39-3/h5-6,15-17,20-21,25-26H,4,7-14H2,1-3H3,(H,31,37)(H2,32,33,34,35). The van der Waals surface area contributed by atoms with Gasteiger partial charge in [0.1, 0.15) is 10.8 Å². The van der Waals surface area contributed by atoms with E-state index in [4.69, 9.17) is 26.1 Å². The van der Waals surface area contributed by atoms with Gasteiger partial charge in [-0.05, 0) is 60.8 Å². The van der Waals surface area contributed by atoms with Crippen molar-refractivity contribution in [3.8, 4) is 5.75 Å². The second kappa shape index (κ2) is 12.5. The zero-order valence-electron chi connectivity index (χ0n) is 23.0. The number of carbonyl (C=O) groups is 1. The molecule has 2 aromatic rings. The Morgan fingerprint density at radius 2 is 1.92 bits per heavy atom. The van der Waals surface area contributed by atoms with Crippen LogP contribution < -0.4 is 20.7 Å². The average molecular weight is 555 g/mol. The molecule has 1 amide bonds. The number of rotatable bonds is 11. The second-order valence-corrected chi connectivity index (χ2v) is 11.0. The molecule has 2 bridgehead atoms. The van der Waals surface area contributed by atoms with Crippen LogP contribution in [0.2, 0.25) is 5.02 Å². The maximum absolute atomic E-state index is 13.0. The molecule has 2 aliphatic carbocycles. The van der Waals surface area contributed by atoms with E-state index < -0.39 is 0 Å². The lowest BCUT2D eigenvalue weighted by Gasteiger charge is -2.28. The van der Waals surface area contributed by atoms with Gasteiger partial charge in [0.25, 0.3) is 0 Å². The van der Waals surface area contributed by atoms with Gasteiger partial charge in [-0.25, -0.2) is 4.98 Å². The second-order valence-electron chi connectivity index (χ2n) is 10.6. The molecule has 0 spiro atoms. The molecule has 210 valence electrons. The summed E-state index contributed by atoms with van der Waals surface area (Å²) in [6.07, 6.45) is 9.76. The topological polar surface area (TPSA) is 101 Å². The fraction of sp³-hybridized carbons (Fsp3) is 0.552. The Bertz CT molecular complexity index is 1210. The Hall–Kier alpha value is -2.88. The zero-order valence-corrected chi connectivity index (χ0v) is 23.8. The summed E-state index contributed by atoms with van der Waals surface area (Å²) >= 11 is 6.54. The summed E-state index contributed by atoms with van der Waals surface area (Å²) in [7, 11) is 3.42. The smallest absolute Gasteiger partial charge is 0.229 e. The van der Waals surface area contributed by atoms with E-state index in [-0.39, 0.29) is 29.7 Å². The number of hydrogen-bond donors (Lipinski definition) is 3. The number of allylic oxidation sites excluding steroid dienone is 1. The normalized spacial score (nSPS) is 23.8. The zero-order chi connectivity index (χ0) is 27.4. The summed E-state index contributed by atoms with van der Waals surface area (Å²) in [6.45, 7) is 6.39. The molecule has 1 aromatic carbocycles. The molecular weight excluding hydrogens is 516 g/mol. The first-order valence-electron chi connectivity index (χ1n) is 13.9. The number of aromatic nitrogens is 2. The van der Waals surface area contributed by atoms with E-state index >= 15 is 0 Å². The van der Waals surface area contributed by atoms with E-state index in [1.165, 1.54) is 11.1 Å². The summed E-state index contributed by atoms with van der Waals surface area (Å²) in [6, 6.07) is 4.20. The number of methoxy groups -OCH3 is 2. The van der Waals surface area contributed by atoms with E-state index in [0.29, 0.717) is 23.3 Å². The van der Waals surface area contributed by atoms with E-state index in [0.717, 1.165) is 63.4 Å². The van der Waals surface area contributed by atoms with Gasteiger partial charge in [-0.2, -0.15) is 4.98 Å². The molecular formula is C29H39ClN6O3. The van der Waals surface area contributed by atoms with Crippen molar-refractivity contribution in [1.82, 2.24) is 20.2 Å². The molecule has 10 heteroatoms. The Labute approximate surface area is 235 Å². The predicted molar refractivity (Wildman–Crippen MR) is 154 cm³/mol. The number of anilines is 3. The van der Waals surface area contributed by atoms with E-state index in [2.05, 4.69) is 57.0 Å². The van der Waals surface area contributed by atoms with Gasteiger partial charge in [0.15, 0.2) is 5.82 Å². The molecule has 39 heavy (non-hydrogen) atoms. The lowest BCUT2D eigenvalue weighted by molar-refractivity contribution is -0.125. The molecule has 0 saturated heterocycles. The van der Waals surface area contributed by atoms with Crippen molar-refractivity contribution in [2.24, 2.45) is 17.8 Å². The number of carbonyl (C=O) groups excluding carboxylic acids is 1. The molecule has 1 fully saturated rings. The van der Waals surface area contributed by atoms with E-state index in [1.807, 2.05) is 0 Å². The Kier molecular flexibility index (Phi) is 8.89. The molecule has 3 N–H and O–H groups in total. The van der Waals surface area contributed by atoms with Gasteiger partial charge in [-0.15, -0.1) is 0 Å². The van der Waals surface area contributed by atoms with E-state index in [1.54, 1.807) is 20.4 Å². The van der Waals surface area contributed by atoms with Crippen molar-refractivity contribution in [1.29, 1.82) is 0 Å². The van der Waals surface area contributed by atoms with Crippen molar-refractivity contribution in [3.63, 3.8) is 0 Å². The molecule has 4 unspecified atom stereocenters. The Balaban J connectivity index is 1.33. The largest absolute Gasteiger partial charge is 0.495 e. The number of halogens is 1. The molecule has 1 saturated carbocycles.